The van der Waals surface area contributed by atoms with Gasteiger partial charge >= 0.3 is 0 Å². The predicted molar refractivity (Wildman–Crippen MR) is 125 cm³/mol. The van der Waals surface area contributed by atoms with Crippen LogP contribution in [0.2, 0.25) is 10.0 Å². The number of rotatable bonds is 3. The van der Waals surface area contributed by atoms with E-state index in [0.717, 1.165) is 40.9 Å². The molecule has 1 aliphatic heterocycles. The van der Waals surface area contributed by atoms with Gasteiger partial charge in [-0.25, -0.2) is 9.97 Å². The molecule has 4 rings (SSSR count). The van der Waals surface area contributed by atoms with Gasteiger partial charge in [-0.15, -0.1) is 0 Å². The normalized spacial score (nSPS) is 18.2. The topological polar surface area (TPSA) is 52.5 Å². The number of hydrogen-bond acceptors (Lipinski definition) is 5. The average Bonchev–Trinajstić information content (AvgIpc) is 2.72. The number of aliphatic hydroxyl groups is 1. The minimum Gasteiger partial charge on any atom is -0.395 e. The maximum Gasteiger partial charge on any atom is 0.140 e. The summed E-state index contributed by atoms with van der Waals surface area (Å²) in [4.78, 5) is 13.7. The molecule has 1 atom stereocenters. The van der Waals surface area contributed by atoms with Crippen molar-refractivity contribution >= 4 is 39.9 Å². The second-order valence-electron chi connectivity index (χ2n) is 8.70. The summed E-state index contributed by atoms with van der Waals surface area (Å²) in [6.07, 6.45) is 1.58. The maximum atomic E-state index is 10.0. The van der Waals surface area contributed by atoms with Crippen molar-refractivity contribution in [2.45, 2.75) is 32.4 Å². The molecule has 1 fully saturated rings. The van der Waals surface area contributed by atoms with Gasteiger partial charge in [0.2, 0.25) is 0 Å². The zero-order valence-corrected chi connectivity index (χ0v) is 19.0. The maximum absolute atomic E-state index is 10.0. The molecule has 30 heavy (non-hydrogen) atoms. The molecule has 0 amide bonds. The van der Waals surface area contributed by atoms with Crippen LogP contribution in [0.5, 0.6) is 0 Å². The van der Waals surface area contributed by atoms with E-state index >= 15 is 0 Å². The van der Waals surface area contributed by atoms with Crippen LogP contribution < -0.4 is 4.90 Å². The molecule has 2 heterocycles. The molecule has 0 unspecified atom stereocenters. The first kappa shape index (κ1) is 21.3. The Morgan fingerprint density at radius 3 is 2.47 bits per heavy atom. The highest BCUT2D eigenvalue weighted by molar-refractivity contribution is 6.34. The van der Waals surface area contributed by atoms with Crippen molar-refractivity contribution in [2.75, 3.05) is 31.1 Å². The summed E-state index contributed by atoms with van der Waals surface area (Å²) in [5.41, 5.74) is 2.72. The molecule has 0 spiro atoms. The predicted octanol–water partition coefficient (Wildman–Crippen LogP) is 4.89. The molecule has 1 aromatic heterocycles. The molecule has 3 aromatic rings. The monoisotopic (exact) mass is 444 g/mol. The highest BCUT2D eigenvalue weighted by Gasteiger charge is 2.34. The van der Waals surface area contributed by atoms with E-state index in [9.17, 15) is 5.11 Å². The molecule has 1 saturated heterocycles. The Morgan fingerprint density at radius 2 is 1.80 bits per heavy atom. The molecule has 158 valence electrons. The summed E-state index contributed by atoms with van der Waals surface area (Å²) in [7, 11) is 0. The van der Waals surface area contributed by atoms with Gasteiger partial charge in [-0.3, -0.25) is 4.90 Å². The molecule has 2 aromatic carbocycles. The van der Waals surface area contributed by atoms with Crippen LogP contribution in [0.3, 0.4) is 0 Å². The lowest BCUT2D eigenvalue weighted by Crippen LogP contribution is -2.60. The van der Waals surface area contributed by atoms with Crippen LogP contribution in [-0.2, 0) is 0 Å². The van der Waals surface area contributed by atoms with E-state index in [4.69, 9.17) is 23.2 Å². The van der Waals surface area contributed by atoms with Gasteiger partial charge in [0.25, 0.3) is 0 Å². The van der Waals surface area contributed by atoms with E-state index in [1.165, 1.54) is 0 Å². The minimum absolute atomic E-state index is 0.00248. The first-order chi connectivity index (χ1) is 14.3. The number of aromatic nitrogens is 2. The Balaban J connectivity index is 1.75. The third-order valence-electron chi connectivity index (χ3n) is 5.71. The standard InChI is InChI=1S/C23H26Cl2N4O/c1-23(2,3)29-9-8-28(12-17(29)13-30)22-19-10-18(15-4-6-16(24)7-5-15)20(25)11-21(19)26-14-27-22/h4-7,10-11,14,17,30H,8-9,12-13H2,1-3H3/t17-/m0/s1. The third kappa shape index (κ3) is 4.12. The summed E-state index contributed by atoms with van der Waals surface area (Å²) in [5, 5.41) is 12.3. The Bertz CT molecular complexity index is 1050. The van der Waals surface area contributed by atoms with Gasteiger partial charge in [-0.1, -0.05) is 35.3 Å². The quantitative estimate of drug-likeness (QED) is 0.623. The minimum atomic E-state index is 0.00248. The van der Waals surface area contributed by atoms with Crippen molar-refractivity contribution in [1.29, 1.82) is 0 Å². The van der Waals surface area contributed by atoms with Crippen molar-refractivity contribution in [3.8, 4) is 11.1 Å². The number of benzene rings is 2. The number of hydrogen-bond donors (Lipinski definition) is 1. The molecular weight excluding hydrogens is 419 g/mol. The van der Waals surface area contributed by atoms with Gasteiger partial charge in [-0.2, -0.15) is 0 Å². The first-order valence-corrected chi connectivity index (χ1v) is 10.9. The lowest BCUT2D eigenvalue weighted by molar-refractivity contribution is 0.0373. The van der Waals surface area contributed by atoms with Crippen LogP contribution in [0.15, 0.2) is 42.7 Å². The Morgan fingerprint density at radius 1 is 1.07 bits per heavy atom. The van der Waals surface area contributed by atoms with Crippen molar-refractivity contribution in [2.24, 2.45) is 0 Å². The molecule has 0 saturated carbocycles. The molecule has 1 N–H and O–H groups in total. The van der Waals surface area contributed by atoms with Crippen molar-refractivity contribution in [1.82, 2.24) is 14.9 Å². The summed E-state index contributed by atoms with van der Waals surface area (Å²) in [5.74, 6) is 0.874. The first-order valence-electron chi connectivity index (χ1n) is 10.1. The van der Waals surface area contributed by atoms with Gasteiger partial charge in [0.1, 0.15) is 12.1 Å². The van der Waals surface area contributed by atoms with Crippen LogP contribution >= 0.6 is 23.2 Å². The molecule has 1 aliphatic rings. The van der Waals surface area contributed by atoms with Gasteiger partial charge in [0.15, 0.2) is 0 Å². The van der Waals surface area contributed by atoms with Crippen molar-refractivity contribution in [3.05, 3.63) is 52.8 Å². The van der Waals surface area contributed by atoms with Crippen LogP contribution in [0.25, 0.3) is 22.0 Å². The van der Waals surface area contributed by atoms with Crippen LogP contribution in [0, 0.1) is 0 Å². The smallest absolute Gasteiger partial charge is 0.140 e. The lowest BCUT2D eigenvalue weighted by atomic mass is 10.00. The van der Waals surface area contributed by atoms with Gasteiger partial charge in [0.05, 0.1) is 23.2 Å². The second kappa shape index (κ2) is 8.31. The van der Waals surface area contributed by atoms with Crippen molar-refractivity contribution in [3.63, 3.8) is 0 Å². The fraction of sp³-hybridized carbons (Fsp3) is 0.391. The fourth-order valence-corrected chi connectivity index (χ4v) is 4.65. The van der Waals surface area contributed by atoms with Gasteiger partial charge in [-0.05, 0) is 50.6 Å². The third-order valence-corrected chi connectivity index (χ3v) is 6.28. The molecule has 0 bridgehead atoms. The Hall–Kier alpha value is -1.92. The number of piperazine rings is 1. The van der Waals surface area contributed by atoms with Gasteiger partial charge < -0.3 is 10.0 Å². The zero-order chi connectivity index (χ0) is 21.5. The van der Waals surface area contributed by atoms with E-state index in [-0.39, 0.29) is 18.2 Å². The Labute approximate surface area is 187 Å². The molecule has 0 aliphatic carbocycles. The zero-order valence-electron chi connectivity index (χ0n) is 17.4. The molecular formula is C23H26Cl2N4O. The second-order valence-corrected chi connectivity index (χ2v) is 9.54. The van der Waals surface area contributed by atoms with Crippen LogP contribution in [0.1, 0.15) is 20.8 Å². The fourth-order valence-electron chi connectivity index (χ4n) is 4.25. The van der Waals surface area contributed by atoms with Gasteiger partial charge in [0, 0.05) is 41.1 Å². The van der Waals surface area contributed by atoms with E-state index in [0.29, 0.717) is 16.6 Å². The molecule has 7 heteroatoms. The highest BCUT2D eigenvalue weighted by Crippen LogP contribution is 2.36. The Kier molecular flexibility index (Phi) is 5.90. The van der Waals surface area contributed by atoms with E-state index in [1.54, 1.807) is 6.33 Å². The number of aliphatic hydroxyl groups excluding tert-OH is 1. The highest BCUT2D eigenvalue weighted by atomic mass is 35.5. The van der Waals surface area contributed by atoms with Crippen LogP contribution in [0.4, 0.5) is 5.82 Å². The number of halogens is 2. The number of fused-ring (bicyclic) bond motifs is 1. The summed E-state index contributed by atoms with van der Waals surface area (Å²) in [6, 6.07) is 11.6. The van der Waals surface area contributed by atoms with E-state index in [2.05, 4.69) is 46.6 Å². The lowest BCUT2D eigenvalue weighted by Gasteiger charge is -2.47. The molecule has 0 radical (unpaired) electrons. The van der Waals surface area contributed by atoms with Crippen molar-refractivity contribution < 1.29 is 5.11 Å². The van der Waals surface area contributed by atoms with E-state index < -0.39 is 0 Å². The summed E-state index contributed by atoms with van der Waals surface area (Å²) >= 11 is 12.6. The molecule has 5 nitrogen and oxygen atoms in total. The van der Waals surface area contributed by atoms with Crippen LogP contribution in [-0.4, -0.2) is 57.8 Å². The number of anilines is 1. The largest absolute Gasteiger partial charge is 0.395 e. The number of nitrogens with zero attached hydrogens (tertiary/aromatic N) is 4. The summed E-state index contributed by atoms with van der Waals surface area (Å²) in [6.45, 7) is 9.07. The SMILES string of the molecule is CC(C)(C)N1CCN(c2ncnc3cc(Cl)c(-c4ccc(Cl)cc4)cc23)C[C@H]1CO. The van der Waals surface area contributed by atoms with E-state index in [1.807, 2.05) is 30.3 Å². The average molecular weight is 445 g/mol. The summed E-state index contributed by atoms with van der Waals surface area (Å²) < 4.78 is 0.